The van der Waals surface area contributed by atoms with Gasteiger partial charge in [-0.15, -0.1) is 0 Å². The average Bonchev–Trinajstić information content (AvgIpc) is 1.60. The van der Waals surface area contributed by atoms with Crippen molar-refractivity contribution in [1.29, 1.82) is 0 Å². The monoisotopic (exact) mass is 1770 g/mol. The van der Waals surface area contributed by atoms with E-state index in [1.807, 2.05) is 32.6 Å². The van der Waals surface area contributed by atoms with Crippen molar-refractivity contribution in [3.8, 4) is 0 Å². The maximum Gasteiger partial charge on any atom is 0.416 e. The maximum absolute atomic E-state index is 14.1. The number of allylic oxidation sites excluding steroid dienone is 1. The van der Waals surface area contributed by atoms with E-state index in [2.05, 4.69) is 4.90 Å². The average molecular weight is 1770 g/mol. The van der Waals surface area contributed by atoms with Crippen molar-refractivity contribution in [1.82, 2.24) is 39.2 Å². The van der Waals surface area contributed by atoms with E-state index in [4.69, 9.17) is 18.9 Å². The van der Waals surface area contributed by atoms with Gasteiger partial charge in [0, 0.05) is 181 Å². The number of carbonyl (C=O) groups is 5. The van der Waals surface area contributed by atoms with E-state index in [-0.39, 0.29) is 179 Å². The summed E-state index contributed by atoms with van der Waals surface area (Å²) in [6, 6.07) is 13.4. The van der Waals surface area contributed by atoms with Crippen molar-refractivity contribution in [3.05, 3.63) is 178 Å². The number of likely N-dealkylation sites (tertiary alicyclic amines) is 3. The van der Waals surface area contributed by atoms with Gasteiger partial charge >= 0.3 is 30.9 Å². The molecule has 5 atom stereocenters. The van der Waals surface area contributed by atoms with Crippen LogP contribution in [0.1, 0.15) is 269 Å². The van der Waals surface area contributed by atoms with Gasteiger partial charge in [-0.1, -0.05) is 0 Å². The van der Waals surface area contributed by atoms with Crippen LogP contribution in [-0.2, 0) is 102 Å². The van der Waals surface area contributed by atoms with E-state index in [1.165, 1.54) is 49.8 Å². The molecule has 11 heterocycles. The quantitative estimate of drug-likeness (QED) is 0.0975. The lowest BCUT2D eigenvalue weighted by molar-refractivity contribution is -0.139. The normalized spacial score (nSPS) is 22.3. The number of morpholine rings is 1. The van der Waals surface area contributed by atoms with Crippen molar-refractivity contribution < 1.29 is 118 Å². The minimum Gasteiger partial charge on any atom is -0.498 e. The highest BCUT2D eigenvalue weighted by Crippen LogP contribution is 2.47. The van der Waals surface area contributed by atoms with Gasteiger partial charge in [-0.05, 0) is 238 Å². The Labute approximate surface area is 710 Å². The molecule has 0 aliphatic carbocycles. The summed E-state index contributed by atoms with van der Waals surface area (Å²) in [4.78, 5) is 75.8. The Morgan fingerprint density at radius 2 is 0.855 bits per heavy atom. The summed E-state index contributed by atoms with van der Waals surface area (Å²) >= 11 is 0. The van der Waals surface area contributed by atoms with Gasteiger partial charge in [0.2, 0.25) is 0 Å². The van der Waals surface area contributed by atoms with Crippen LogP contribution in [0.2, 0.25) is 0 Å². The van der Waals surface area contributed by atoms with E-state index < -0.39 is 76.6 Å². The first-order valence-electron chi connectivity index (χ1n) is 42.1. The molecule has 5 fully saturated rings. The third kappa shape index (κ3) is 20.7. The highest BCUT2D eigenvalue weighted by Gasteiger charge is 2.49. The predicted molar refractivity (Wildman–Crippen MR) is 426 cm³/mol. The molecule has 2 bridgehead atoms. The molecule has 0 aromatic heterocycles. The molecule has 0 spiro atoms. The van der Waals surface area contributed by atoms with Gasteiger partial charge in [-0.2, -0.15) is 65.9 Å². The minimum atomic E-state index is -4.54. The second-order valence-electron chi connectivity index (χ2n) is 35.6. The van der Waals surface area contributed by atoms with Crippen LogP contribution in [0, 0.1) is 0 Å². The second-order valence-corrected chi connectivity index (χ2v) is 35.6. The molecular weight excluding hydrogens is 1660 g/mol. The molecule has 17 nitrogen and oxygen atoms in total. The molecular formula is C90H107F17N8O9. The van der Waals surface area contributed by atoms with E-state index in [0.29, 0.717) is 118 Å². The number of halogens is 17. The SMILES string of the molecule is CC(C)N1Cc2c(cc(C3CCCOC3)cc2C(F)(F)F)C1=O.CC(C)N1Cc2c(cc(CN3CC4CC3CO4)cc2C(F)(F)F)C1=O.CC(C)N1Cc2c(cc(CN3CCC(C)(F)CC3)cc2C(F)(F)F)C1=O.CC1=C(c2cc3c(c(C(F)(F)F)c2)CN(C(C)C)C3=O)CCO1.COC1CCN(Cc2cc3c(c(C(F)(F)F)c2)CN(C(C)C)C3=O)CC1F. The van der Waals surface area contributed by atoms with Gasteiger partial charge in [0.1, 0.15) is 11.8 Å². The van der Waals surface area contributed by atoms with E-state index in [1.54, 1.807) is 84.6 Å². The second kappa shape index (κ2) is 36.7. The summed E-state index contributed by atoms with van der Waals surface area (Å²) in [5.41, 5.74) is -0.402. The van der Waals surface area contributed by atoms with Gasteiger partial charge in [0.05, 0.1) is 65.6 Å². The zero-order valence-corrected chi connectivity index (χ0v) is 71.7. The molecule has 5 saturated heterocycles. The number of fused-ring (bicyclic) bond motifs is 7. The largest absolute Gasteiger partial charge is 0.498 e. The number of alkyl halides is 17. The Bertz CT molecular complexity index is 4850. The molecule has 0 N–H and O–H groups in total. The summed E-state index contributed by atoms with van der Waals surface area (Å²) < 4.78 is 253. The molecule has 16 rings (SSSR count). The van der Waals surface area contributed by atoms with Crippen LogP contribution in [0.4, 0.5) is 74.6 Å². The Morgan fingerprint density at radius 1 is 0.468 bits per heavy atom. The number of ether oxygens (including phenoxy) is 4. The molecule has 0 saturated carbocycles. The van der Waals surface area contributed by atoms with Crippen LogP contribution in [0.5, 0.6) is 0 Å². The number of methoxy groups -OCH3 is 1. The molecule has 0 radical (unpaired) electrons. The van der Waals surface area contributed by atoms with Crippen molar-refractivity contribution in [3.63, 3.8) is 0 Å². The van der Waals surface area contributed by atoms with Crippen LogP contribution in [-0.4, -0.2) is 195 Å². The van der Waals surface area contributed by atoms with Crippen LogP contribution >= 0.6 is 0 Å². The lowest BCUT2D eigenvalue weighted by atomic mass is 9.89. The molecule has 5 aromatic carbocycles. The number of rotatable bonds is 14. The van der Waals surface area contributed by atoms with Gasteiger partial charge in [-0.25, -0.2) is 8.78 Å². The summed E-state index contributed by atoms with van der Waals surface area (Å²) in [6.45, 7) is 26.7. The third-order valence-corrected chi connectivity index (χ3v) is 25.2. The number of hydrogen-bond donors (Lipinski definition) is 0. The smallest absolute Gasteiger partial charge is 0.416 e. The van der Waals surface area contributed by atoms with E-state index in [0.717, 1.165) is 49.6 Å². The summed E-state index contributed by atoms with van der Waals surface area (Å²) in [7, 11) is 1.45. The van der Waals surface area contributed by atoms with Crippen molar-refractivity contribution in [2.24, 2.45) is 0 Å². The van der Waals surface area contributed by atoms with E-state index >= 15 is 0 Å². The highest BCUT2D eigenvalue weighted by molar-refractivity contribution is 6.02. The molecule has 5 unspecified atom stereocenters. The fourth-order valence-electron chi connectivity index (χ4n) is 18.3. The zero-order valence-electron chi connectivity index (χ0n) is 71.7. The first-order chi connectivity index (χ1) is 57.8. The van der Waals surface area contributed by atoms with Gasteiger partial charge in [0.15, 0.2) is 0 Å². The standard InChI is InChI=1S/C19H24F4N2O2.C19H24F4N2O.C18H21F3N2O2.C17H18F3NO2.C17H20F3NO2/c1-11(2)25-9-14-13(18(25)26)6-12(7-15(14)19(21,22)23)8-24-5-4-17(27-3)16(20)10-24;1-12(2)25-11-15-14(17(25)26)8-13(9-16(15)19(21,22)23)10-24-6-4-18(3,20)5-7-24;1-10(2)23-8-15-14(17(23)24)3-11(4-16(15)18(19,20)21)6-22-7-13-5-12(22)9-25-13;1-9(2)21-8-14-13(16(21)22)6-11(7-15(14)17(18,19)20)12-4-5-23-10(12)3;1-10(2)21-8-14-13(16(21)22)6-12(7-15(14)17(18,19)20)11-4-3-5-23-9-11/h6-7,11,16-17H,4-5,8-10H2,1-3H3;8-9,12H,4-7,10-11H2,1-3H3;3-4,10,12-13H,5-9H2,1-2H3;6-7,9H,4-5,8H2,1-3H3;6-7,10-11H,3-5,8-9H2,1-2H3. The molecule has 34 heteroatoms. The number of nitrogens with zero attached hydrogens (tertiary/aromatic N) is 8. The fraction of sp³-hybridized carbons (Fsp3) is 0.589. The van der Waals surface area contributed by atoms with Gasteiger partial charge in [-0.3, -0.25) is 38.7 Å². The number of piperidine rings is 2. The Kier molecular flexibility index (Phi) is 28.0. The Morgan fingerprint density at radius 3 is 1.20 bits per heavy atom. The lowest BCUT2D eigenvalue weighted by Crippen LogP contribution is -2.44. The molecule has 11 aliphatic rings. The molecule has 124 heavy (non-hydrogen) atoms. The van der Waals surface area contributed by atoms with Crippen LogP contribution in [0.15, 0.2) is 66.4 Å². The Hall–Kier alpha value is -8.44. The molecule has 5 aromatic rings. The van der Waals surface area contributed by atoms with Crippen molar-refractivity contribution in [2.45, 2.75) is 277 Å². The van der Waals surface area contributed by atoms with Crippen molar-refractivity contribution >= 4 is 35.1 Å². The van der Waals surface area contributed by atoms with Crippen LogP contribution < -0.4 is 0 Å². The molecule has 5 amide bonds. The number of carbonyl (C=O) groups excluding carboxylic acids is 5. The fourth-order valence-corrected chi connectivity index (χ4v) is 18.3. The van der Waals surface area contributed by atoms with Crippen LogP contribution in [0.3, 0.4) is 0 Å². The lowest BCUT2D eigenvalue weighted by Gasteiger charge is -2.34. The summed E-state index contributed by atoms with van der Waals surface area (Å²) in [6.07, 6.45) is -19.6. The van der Waals surface area contributed by atoms with Crippen molar-refractivity contribution in [2.75, 3.05) is 66.3 Å². The number of amides is 5. The number of benzene rings is 5. The maximum atomic E-state index is 14.1. The number of hydrogen-bond acceptors (Lipinski definition) is 12. The molecule has 11 aliphatic heterocycles. The topological polar surface area (TPSA) is 148 Å². The zero-order chi connectivity index (χ0) is 90.9. The summed E-state index contributed by atoms with van der Waals surface area (Å²) in [5.74, 6) is -1.12. The highest BCUT2D eigenvalue weighted by atomic mass is 19.4. The van der Waals surface area contributed by atoms with E-state index in [9.17, 15) is 98.6 Å². The molecule has 680 valence electrons. The predicted octanol–water partition coefficient (Wildman–Crippen LogP) is 19.2. The van der Waals surface area contributed by atoms with Gasteiger partial charge in [0.25, 0.3) is 29.5 Å². The Balaban J connectivity index is 0.000000141. The van der Waals surface area contributed by atoms with Gasteiger partial charge < -0.3 is 43.4 Å². The minimum absolute atomic E-state index is 0.00905. The summed E-state index contributed by atoms with van der Waals surface area (Å²) in [5, 5.41) is 0. The van der Waals surface area contributed by atoms with Crippen LogP contribution in [0.25, 0.3) is 5.57 Å². The first-order valence-corrected chi connectivity index (χ1v) is 42.1. The third-order valence-electron chi connectivity index (χ3n) is 25.2. The first kappa shape index (κ1) is 94.7.